The molecular formula is C22H26ClN5O4. The number of aromatic nitrogens is 2. The van der Waals surface area contributed by atoms with Crippen LogP contribution in [0.25, 0.3) is 11.3 Å². The maximum absolute atomic E-state index is 12.6. The first kappa shape index (κ1) is 22.3. The molecule has 2 fully saturated rings. The van der Waals surface area contributed by atoms with Gasteiger partial charge in [-0.3, -0.25) is 4.79 Å². The van der Waals surface area contributed by atoms with Crippen LogP contribution in [0.1, 0.15) is 19.3 Å². The van der Waals surface area contributed by atoms with Crippen molar-refractivity contribution in [3.8, 4) is 11.3 Å². The molecule has 2 amide bonds. The van der Waals surface area contributed by atoms with Crippen LogP contribution < -0.4 is 10.6 Å². The molecular weight excluding hydrogens is 434 g/mol. The molecule has 170 valence electrons. The zero-order chi connectivity index (χ0) is 22.5. The van der Waals surface area contributed by atoms with Crippen molar-refractivity contribution >= 4 is 35.2 Å². The molecule has 4 heterocycles. The van der Waals surface area contributed by atoms with Gasteiger partial charge in [-0.05, 0) is 43.4 Å². The van der Waals surface area contributed by atoms with Crippen LogP contribution in [0.4, 0.5) is 16.4 Å². The summed E-state index contributed by atoms with van der Waals surface area (Å²) in [5.41, 5.74) is 1.33. The average Bonchev–Trinajstić information content (AvgIpc) is 3.31. The highest BCUT2D eigenvalue weighted by Gasteiger charge is 2.31. The number of nitrogens with one attached hydrogen (secondary N) is 2. The fraction of sp³-hybridized carbons (Fsp3) is 0.455. The molecule has 0 spiro atoms. The van der Waals surface area contributed by atoms with Crippen molar-refractivity contribution in [2.24, 2.45) is 11.8 Å². The number of pyridine rings is 2. The van der Waals surface area contributed by atoms with E-state index in [0.29, 0.717) is 41.0 Å². The Morgan fingerprint density at radius 3 is 2.78 bits per heavy atom. The van der Waals surface area contributed by atoms with Crippen molar-refractivity contribution < 1.29 is 19.4 Å². The van der Waals surface area contributed by atoms with Crippen LogP contribution in [-0.2, 0) is 9.53 Å². The molecule has 0 unspecified atom stereocenters. The zero-order valence-corrected chi connectivity index (χ0v) is 18.3. The van der Waals surface area contributed by atoms with Crippen LogP contribution in [0.5, 0.6) is 0 Å². The lowest BCUT2D eigenvalue weighted by atomic mass is 10.0. The number of anilines is 2. The second-order valence-corrected chi connectivity index (χ2v) is 8.50. The quantitative estimate of drug-likeness (QED) is 0.604. The smallest absolute Gasteiger partial charge is 0.407 e. The Bertz CT molecular complexity index is 983. The number of amides is 2. The minimum Gasteiger partial charge on any atom is -0.465 e. The van der Waals surface area contributed by atoms with Crippen molar-refractivity contribution in [1.82, 2.24) is 14.9 Å². The third kappa shape index (κ3) is 5.46. The van der Waals surface area contributed by atoms with E-state index in [1.165, 1.54) is 11.1 Å². The van der Waals surface area contributed by atoms with Crippen molar-refractivity contribution in [3.63, 3.8) is 0 Å². The Hall–Kier alpha value is -2.91. The number of rotatable bonds is 6. The van der Waals surface area contributed by atoms with Gasteiger partial charge in [-0.15, -0.1) is 0 Å². The molecule has 2 saturated heterocycles. The van der Waals surface area contributed by atoms with Crippen molar-refractivity contribution in [1.29, 1.82) is 0 Å². The van der Waals surface area contributed by atoms with Gasteiger partial charge in [0.05, 0.1) is 16.6 Å². The molecule has 0 aromatic carbocycles. The molecule has 9 nitrogen and oxygen atoms in total. The van der Waals surface area contributed by atoms with E-state index in [0.717, 1.165) is 38.4 Å². The standard InChI is InChI=1S/C22H26ClN5O4/c23-17-12-25-20(27-21(29)15-4-7-28(13-15)22(30)31)10-16(17)18-2-1-3-19(26-18)24-11-14-5-8-32-9-6-14/h1-3,10,12,14-15H,4-9,11,13H2,(H,24,26)(H,30,31)(H,25,27,29)/t15-/m1/s1. The topological polar surface area (TPSA) is 117 Å². The van der Waals surface area contributed by atoms with Gasteiger partial charge in [0, 0.05) is 44.6 Å². The summed E-state index contributed by atoms with van der Waals surface area (Å²) >= 11 is 6.38. The molecule has 10 heteroatoms. The van der Waals surface area contributed by atoms with Crippen LogP contribution in [-0.4, -0.2) is 64.8 Å². The molecule has 0 radical (unpaired) electrons. The minimum atomic E-state index is -1.01. The van der Waals surface area contributed by atoms with Crippen LogP contribution in [0.3, 0.4) is 0 Å². The maximum atomic E-state index is 12.6. The second-order valence-electron chi connectivity index (χ2n) is 8.10. The van der Waals surface area contributed by atoms with E-state index in [1.54, 1.807) is 6.07 Å². The lowest BCUT2D eigenvalue weighted by Crippen LogP contribution is -2.30. The van der Waals surface area contributed by atoms with E-state index in [9.17, 15) is 9.59 Å². The van der Waals surface area contributed by atoms with Gasteiger partial charge in [-0.25, -0.2) is 14.8 Å². The van der Waals surface area contributed by atoms with Gasteiger partial charge >= 0.3 is 6.09 Å². The van der Waals surface area contributed by atoms with Gasteiger partial charge in [0.15, 0.2) is 0 Å². The number of hydrogen-bond acceptors (Lipinski definition) is 6. The fourth-order valence-electron chi connectivity index (χ4n) is 3.96. The summed E-state index contributed by atoms with van der Waals surface area (Å²) in [5, 5.41) is 15.7. The molecule has 32 heavy (non-hydrogen) atoms. The van der Waals surface area contributed by atoms with Gasteiger partial charge in [-0.2, -0.15) is 0 Å². The number of ether oxygens (including phenoxy) is 1. The normalized spacial score (nSPS) is 19.0. The lowest BCUT2D eigenvalue weighted by Gasteiger charge is -2.22. The predicted molar refractivity (Wildman–Crippen MR) is 121 cm³/mol. The van der Waals surface area contributed by atoms with Crippen LogP contribution in [0, 0.1) is 11.8 Å². The van der Waals surface area contributed by atoms with E-state index in [-0.39, 0.29) is 12.5 Å². The molecule has 2 aliphatic heterocycles. The number of likely N-dealkylation sites (tertiary alicyclic amines) is 1. The van der Waals surface area contributed by atoms with E-state index in [4.69, 9.17) is 21.4 Å². The molecule has 0 bridgehead atoms. The number of nitrogens with zero attached hydrogens (tertiary/aromatic N) is 3. The van der Waals surface area contributed by atoms with Crippen molar-refractivity contribution in [3.05, 3.63) is 35.5 Å². The first-order chi connectivity index (χ1) is 15.5. The molecule has 3 N–H and O–H groups in total. The Labute approximate surface area is 191 Å². The zero-order valence-electron chi connectivity index (χ0n) is 17.6. The highest BCUT2D eigenvalue weighted by Crippen LogP contribution is 2.29. The highest BCUT2D eigenvalue weighted by molar-refractivity contribution is 6.33. The molecule has 1 atom stereocenters. The van der Waals surface area contributed by atoms with Gasteiger partial charge < -0.3 is 25.4 Å². The van der Waals surface area contributed by atoms with E-state index in [1.807, 2.05) is 18.2 Å². The maximum Gasteiger partial charge on any atom is 0.407 e. The number of hydrogen-bond donors (Lipinski definition) is 3. The van der Waals surface area contributed by atoms with E-state index < -0.39 is 12.0 Å². The molecule has 0 aliphatic carbocycles. The summed E-state index contributed by atoms with van der Waals surface area (Å²) in [6.45, 7) is 2.97. The van der Waals surface area contributed by atoms with E-state index in [2.05, 4.69) is 20.6 Å². The number of carboxylic acid groups (broad SMARTS) is 1. The monoisotopic (exact) mass is 459 g/mol. The summed E-state index contributed by atoms with van der Waals surface area (Å²) in [5.74, 6) is 1.02. The van der Waals surface area contributed by atoms with Gasteiger partial charge in [0.1, 0.15) is 11.6 Å². The Kier molecular flexibility index (Phi) is 7.06. The Morgan fingerprint density at radius 1 is 1.22 bits per heavy atom. The fourth-order valence-corrected chi connectivity index (χ4v) is 4.16. The molecule has 2 aromatic heterocycles. The first-order valence-corrected chi connectivity index (χ1v) is 11.1. The molecule has 4 rings (SSSR count). The lowest BCUT2D eigenvalue weighted by molar-refractivity contribution is -0.119. The highest BCUT2D eigenvalue weighted by atomic mass is 35.5. The molecule has 0 saturated carbocycles. The minimum absolute atomic E-state index is 0.185. The number of carbonyl (C=O) groups excluding carboxylic acids is 1. The van der Waals surface area contributed by atoms with Gasteiger partial charge in [0.2, 0.25) is 5.91 Å². The SMILES string of the molecule is O=C(Nc1cc(-c2cccc(NCC3CCOCC3)n2)c(Cl)cn1)[C@@H]1CCN(C(=O)O)C1. The third-order valence-corrected chi connectivity index (χ3v) is 6.18. The van der Waals surface area contributed by atoms with Gasteiger partial charge in [0.25, 0.3) is 0 Å². The van der Waals surface area contributed by atoms with Crippen molar-refractivity contribution in [2.45, 2.75) is 19.3 Å². The first-order valence-electron chi connectivity index (χ1n) is 10.7. The second kappa shape index (κ2) is 10.1. The summed E-state index contributed by atoms with van der Waals surface area (Å²) in [7, 11) is 0. The Balaban J connectivity index is 1.43. The van der Waals surface area contributed by atoms with Crippen LogP contribution in [0.2, 0.25) is 5.02 Å². The average molecular weight is 460 g/mol. The number of halogens is 1. The number of carbonyl (C=O) groups is 2. The predicted octanol–water partition coefficient (Wildman–Crippen LogP) is 3.57. The van der Waals surface area contributed by atoms with Gasteiger partial charge in [-0.1, -0.05) is 17.7 Å². The summed E-state index contributed by atoms with van der Waals surface area (Å²) in [6, 6.07) is 7.36. The van der Waals surface area contributed by atoms with E-state index >= 15 is 0 Å². The largest absolute Gasteiger partial charge is 0.465 e. The Morgan fingerprint density at radius 2 is 2.03 bits per heavy atom. The van der Waals surface area contributed by atoms with Crippen LogP contribution >= 0.6 is 11.6 Å². The van der Waals surface area contributed by atoms with Crippen molar-refractivity contribution in [2.75, 3.05) is 43.5 Å². The third-order valence-electron chi connectivity index (χ3n) is 5.87. The van der Waals surface area contributed by atoms with Crippen LogP contribution in [0.15, 0.2) is 30.5 Å². The summed E-state index contributed by atoms with van der Waals surface area (Å²) in [6.07, 6.45) is 3.03. The summed E-state index contributed by atoms with van der Waals surface area (Å²) < 4.78 is 5.41. The summed E-state index contributed by atoms with van der Waals surface area (Å²) in [4.78, 5) is 33.8. The molecule has 2 aromatic rings. The molecule has 2 aliphatic rings.